The molecule has 0 spiro atoms. The van der Waals surface area contributed by atoms with E-state index in [9.17, 15) is 0 Å². The predicted octanol–water partition coefficient (Wildman–Crippen LogP) is 4.12. The Morgan fingerprint density at radius 1 is 1.19 bits per heavy atom. The van der Waals surface area contributed by atoms with Crippen LogP contribution < -0.4 is 0 Å². The number of aromatic nitrogens is 3. The third-order valence-electron chi connectivity index (χ3n) is 4.96. The van der Waals surface area contributed by atoms with Gasteiger partial charge in [-0.25, -0.2) is 9.97 Å². The minimum absolute atomic E-state index is 0.367. The summed E-state index contributed by atoms with van der Waals surface area (Å²) in [6.07, 6.45) is 2.96. The molecule has 2 aromatic heterocycles. The number of rotatable bonds is 4. The van der Waals surface area contributed by atoms with Crippen molar-refractivity contribution in [1.29, 1.82) is 0 Å². The minimum Gasteiger partial charge on any atom is -0.361 e. The lowest BCUT2D eigenvalue weighted by Crippen LogP contribution is -2.31. The van der Waals surface area contributed by atoms with Crippen molar-refractivity contribution < 1.29 is 4.52 Å². The van der Waals surface area contributed by atoms with Crippen LogP contribution in [0.4, 0.5) is 0 Å². The van der Waals surface area contributed by atoms with Gasteiger partial charge < -0.3 is 4.52 Å². The van der Waals surface area contributed by atoms with E-state index < -0.39 is 0 Å². The van der Waals surface area contributed by atoms with Gasteiger partial charge in [-0.2, -0.15) is 0 Å². The van der Waals surface area contributed by atoms with Crippen LogP contribution >= 0.6 is 0 Å². The minimum atomic E-state index is 0.367. The molecule has 26 heavy (non-hydrogen) atoms. The monoisotopic (exact) mass is 348 g/mol. The second-order valence-electron chi connectivity index (χ2n) is 7.25. The van der Waals surface area contributed by atoms with Crippen LogP contribution in [0.25, 0.3) is 11.3 Å². The zero-order valence-corrected chi connectivity index (χ0v) is 15.6. The fourth-order valence-electron chi connectivity index (χ4n) is 3.43. The van der Waals surface area contributed by atoms with Crippen LogP contribution in [0, 0.1) is 6.92 Å². The van der Waals surface area contributed by atoms with Gasteiger partial charge in [0.15, 0.2) is 0 Å². The summed E-state index contributed by atoms with van der Waals surface area (Å²) in [5.74, 6) is 2.20. The maximum Gasteiger partial charge on any atom is 0.138 e. The lowest BCUT2D eigenvalue weighted by atomic mass is 10.0. The predicted molar refractivity (Wildman–Crippen MR) is 101 cm³/mol. The number of nitrogens with zero attached hydrogens (tertiary/aromatic N) is 4. The Balaban J connectivity index is 1.56. The molecule has 134 valence electrons. The summed E-state index contributed by atoms with van der Waals surface area (Å²) in [5, 5.41) is 4.30. The summed E-state index contributed by atoms with van der Waals surface area (Å²) in [6.45, 7) is 8.94. The van der Waals surface area contributed by atoms with Crippen LogP contribution in [0.15, 0.2) is 41.1 Å². The van der Waals surface area contributed by atoms with E-state index in [1.165, 1.54) is 16.8 Å². The van der Waals surface area contributed by atoms with Crippen LogP contribution in [0.5, 0.6) is 0 Å². The van der Waals surface area contributed by atoms with Gasteiger partial charge in [0.05, 0.1) is 0 Å². The summed E-state index contributed by atoms with van der Waals surface area (Å²) >= 11 is 0. The van der Waals surface area contributed by atoms with Gasteiger partial charge >= 0.3 is 0 Å². The van der Waals surface area contributed by atoms with Gasteiger partial charge in [0, 0.05) is 60.6 Å². The van der Waals surface area contributed by atoms with Crippen molar-refractivity contribution >= 4 is 0 Å². The zero-order chi connectivity index (χ0) is 18.1. The van der Waals surface area contributed by atoms with E-state index in [2.05, 4.69) is 41.0 Å². The van der Waals surface area contributed by atoms with Crippen LogP contribution in [0.2, 0.25) is 0 Å². The highest BCUT2D eigenvalue weighted by atomic mass is 16.5. The molecule has 0 radical (unpaired) electrons. The molecule has 1 aliphatic rings. The second kappa shape index (κ2) is 7.00. The van der Waals surface area contributed by atoms with Crippen molar-refractivity contribution in [2.75, 3.05) is 6.54 Å². The molecule has 1 aliphatic heterocycles. The van der Waals surface area contributed by atoms with E-state index in [-0.39, 0.29) is 0 Å². The van der Waals surface area contributed by atoms with Crippen LogP contribution in [-0.2, 0) is 19.5 Å². The van der Waals surface area contributed by atoms with Crippen LogP contribution in [0.1, 0.15) is 48.2 Å². The molecular formula is C21H24N4O. The molecule has 0 bridgehead atoms. The van der Waals surface area contributed by atoms with E-state index >= 15 is 0 Å². The topological polar surface area (TPSA) is 55.1 Å². The van der Waals surface area contributed by atoms with E-state index in [0.29, 0.717) is 5.92 Å². The van der Waals surface area contributed by atoms with Crippen molar-refractivity contribution in [3.8, 4) is 11.3 Å². The molecule has 5 nitrogen and oxygen atoms in total. The molecule has 5 heteroatoms. The third-order valence-corrected chi connectivity index (χ3v) is 4.96. The first-order chi connectivity index (χ1) is 12.6. The van der Waals surface area contributed by atoms with E-state index in [1.54, 1.807) is 0 Å². The standard InChI is InChI=1S/C21H24N4O/c1-14(2)21-22-11-17-12-25(10-9-19(17)23-21)13-18-15(3)26-24-20(18)16-7-5-4-6-8-16/h4-8,11,14H,9-10,12-13H2,1-3H3. The Bertz CT molecular complexity index is 902. The Labute approximate surface area is 154 Å². The molecule has 0 fully saturated rings. The normalized spacial score (nSPS) is 14.6. The Kier molecular flexibility index (Phi) is 4.55. The SMILES string of the molecule is Cc1onc(-c2ccccc2)c1CN1CCc2nc(C(C)C)ncc2C1. The van der Waals surface area contributed by atoms with Crippen molar-refractivity contribution in [1.82, 2.24) is 20.0 Å². The molecule has 3 aromatic rings. The average Bonchev–Trinajstić information content (AvgIpc) is 3.02. The summed E-state index contributed by atoms with van der Waals surface area (Å²) in [6, 6.07) is 10.2. The van der Waals surface area contributed by atoms with Crippen molar-refractivity contribution in [3.63, 3.8) is 0 Å². The van der Waals surface area contributed by atoms with Gasteiger partial charge in [-0.05, 0) is 6.92 Å². The fraction of sp³-hybridized carbons (Fsp3) is 0.381. The van der Waals surface area contributed by atoms with E-state index in [4.69, 9.17) is 9.51 Å². The Hall–Kier alpha value is -2.53. The molecule has 3 heterocycles. The lowest BCUT2D eigenvalue weighted by molar-refractivity contribution is 0.241. The number of hydrogen-bond donors (Lipinski definition) is 0. The maximum absolute atomic E-state index is 5.50. The Morgan fingerprint density at radius 2 is 2.00 bits per heavy atom. The van der Waals surface area contributed by atoms with Gasteiger partial charge in [0.1, 0.15) is 17.3 Å². The summed E-state index contributed by atoms with van der Waals surface area (Å²) in [5.41, 5.74) is 5.64. The molecule has 1 aromatic carbocycles. The van der Waals surface area contributed by atoms with Crippen molar-refractivity contribution in [2.45, 2.75) is 46.2 Å². The summed E-state index contributed by atoms with van der Waals surface area (Å²) in [7, 11) is 0. The first-order valence-corrected chi connectivity index (χ1v) is 9.19. The molecule has 0 amide bonds. The molecule has 0 saturated heterocycles. The maximum atomic E-state index is 5.50. The number of hydrogen-bond acceptors (Lipinski definition) is 5. The Morgan fingerprint density at radius 3 is 2.77 bits per heavy atom. The number of fused-ring (bicyclic) bond motifs is 1. The number of aryl methyl sites for hydroxylation is 1. The third kappa shape index (κ3) is 3.27. The smallest absolute Gasteiger partial charge is 0.138 e. The zero-order valence-electron chi connectivity index (χ0n) is 15.6. The van der Waals surface area contributed by atoms with Crippen molar-refractivity contribution in [3.05, 3.63) is 64.9 Å². The molecule has 0 unspecified atom stereocenters. The van der Waals surface area contributed by atoms with Crippen molar-refractivity contribution in [2.24, 2.45) is 0 Å². The van der Waals surface area contributed by atoms with Gasteiger partial charge in [0.2, 0.25) is 0 Å². The van der Waals surface area contributed by atoms with E-state index in [0.717, 1.165) is 48.9 Å². The summed E-state index contributed by atoms with van der Waals surface area (Å²) in [4.78, 5) is 11.7. The van der Waals surface area contributed by atoms with Crippen LogP contribution in [-0.4, -0.2) is 26.6 Å². The number of benzene rings is 1. The first-order valence-electron chi connectivity index (χ1n) is 9.19. The molecule has 0 N–H and O–H groups in total. The fourth-order valence-corrected chi connectivity index (χ4v) is 3.43. The average molecular weight is 348 g/mol. The second-order valence-corrected chi connectivity index (χ2v) is 7.25. The molecule has 0 atom stereocenters. The molecule has 4 rings (SSSR count). The van der Waals surface area contributed by atoms with Gasteiger partial charge in [-0.3, -0.25) is 4.90 Å². The quantitative estimate of drug-likeness (QED) is 0.710. The van der Waals surface area contributed by atoms with Crippen LogP contribution in [0.3, 0.4) is 0 Å². The van der Waals surface area contributed by atoms with Gasteiger partial charge in [0.25, 0.3) is 0 Å². The molecule has 0 aliphatic carbocycles. The van der Waals surface area contributed by atoms with Gasteiger partial charge in [-0.15, -0.1) is 0 Å². The summed E-state index contributed by atoms with van der Waals surface area (Å²) < 4.78 is 5.50. The first kappa shape index (κ1) is 16.9. The largest absolute Gasteiger partial charge is 0.361 e. The highest BCUT2D eigenvalue weighted by Crippen LogP contribution is 2.28. The highest BCUT2D eigenvalue weighted by molar-refractivity contribution is 5.63. The lowest BCUT2D eigenvalue weighted by Gasteiger charge is -2.28. The molecule has 0 saturated carbocycles. The highest BCUT2D eigenvalue weighted by Gasteiger charge is 2.23. The van der Waals surface area contributed by atoms with Gasteiger partial charge in [-0.1, -0.05) is 49.3 Å². The van der Waals surface area contributed by atoms with E-state index in [1.807, 2.05) is 31.3 Å². The molecular weight excluding hydrogens is 324 g/mol.